The van der Waals surface area contributed by atoms with E-state index in [1.54, 1.807) is 0 Å². The Morgan fingerprint density at radius 3 is 1.94 bits per heavy atom. The monoisotopic (exact) mass is 745 g/mol. The van der Waals surface area contributed by atoms with Gasteiger partial charge in [-0.2, -0.15) is 0 Å². The van der Waals surface area contributed by atoms with Crippen molar-refractivity contribution >= 4 is 23.0 Å². The number of aliphatic hydroxyl groups is 6. The van der Waals surface area contributed by atoms with Gasteiger partial charge in [0.05, 0.1) is 13.2 Å². The molecule has 2 saturated heterocycles. The number of hydrogen-bond donors (Lipinski definition) is 10. The molecule has 47 heavy (non-hydrogen) atoms. The number of aromatic amines is 1. The lowest BCUT2D eigenvalue weighted by molar-refractivity contribution is -0.280. The first-order valence-electron chi connectivity index (χ1n) is 14.1. The Hall–Kier alpha value is -1.23. The van der Waals surface area contributed by atoms with E-state index in [0.29, 0.717) is 4.57 Å². The van der Waals surface area contributed by atoms with E-state index in [2.05, 4.69) is 39.0 Å². The van der Waals surface area contributed by atoms with Gasteiger partial charge in [0.25, 0.3) is 5.56 Å². The minimum atomic E-state index is -5.71. The van der Waals surface area contributed by atoms with E-state index in [1.807, 2.05) is 4.98 Å². The van der Waals surface area contributed by atoms with Gasteiger partial charge in [0.2, 0.25) is 0 Å². The Morgan fingerprint density at radius 2 is 1.43 bits per heavy atom. The quantitative estimate of drug-likeness (QED) is 0.0837. The van der Waals surface area contributed by atoms with Gasteiger partial charge in [-0.25, -0.2) is 13.7 Å². The molecule has 2 aliphatic heterocycles. The number of aliphatic hydroxyl groups excluding tert-OH is 6. The molecule has 10 N–H and O–H groups in total. The maximum absolute atomic E-state index is 12.4. The second-order valence-electron chi connectivity index (χ2n) is 10.2. The molecule has 2 fully saturated rings. The number of phosphoric acid groups is 1. The van der Waals surface area contributed by atoms with E-state index >= 15 is 0 Å². The average Bonchev–Trinajstić information content (AvgIpc) is 3.25. The molecule has 3 unspecified atom stereocenters. The van der Waals surface area contributed by atoms with E-state index in [0.717, 1.165) is 12.3 Å². The number of phosphoric ester groups is 1. The lowest BCUT2D eigenvalue weighted by Crippen LogP contribution is -2.58. The first-order chi connectivity index (χ1) is 21.7. The van der Waals surface area contributed by atoms with Gasteiger partial charge in [-0.3, -0.25) is 28.0 Å². The van der Waals surface area contributed by atoms with Crippen LogP contribution in [0.25, 0.3) is 0 Å². The van der Waals surface area contributed by atoms with Gasteiger partial charge in [0.1, 0.15) is 42.7 Å². The maximum atomic E-state index is 12.4. The van der Waals surface area contributed by atoms with Gasteiger partial charge in [-0.05, 0) is 19.6 Å². The average molecular weight is 746 g/mol. The molecule has 0 aliphatic carbocycles. The fraction of sp³-hybridized carbons (Fsp3) is 0.818. The van der Waals surface area contributed by atoms with Crippen molar-refractivity contribution in [1.29, 1.82) is 0 Å². The lowest BCUT2D eigenvalue weighted by Gasteiger charge is -2.39. The summed E-state index contributed by atoms with van der Waals surface area (Å²) in [6, 6.07) is 0.912. The zero-order chi connectivity index (χ0) is 35.9. The fourth-order valence-corrected chi connectivity index (χ4v) is 9.41. The van der Waals surface area contributed by atoms with Crippen LogP contribution in [0, 0.1) is 0 Å². The zero-order valence-electron chi connectivity index (χ0n) is 25.4. The van der Waals surface area contributed by atoms with Crippen molar-refractivity contribution in [1.82, 2.24) is 14.5 Å². The molecule has 0 amide bonds. The van der Waals surface area contributed by atoms with Crippen LogP contribution in [0.2, 0.25) is 0 Å². The Bertz CT molecular complexity index is 1400. The van der Waals surface area contributed by atoms with Crippen LogP contribution in [0.15, 0.2) is 21.9 Å². The SMILES string of the molecule is CCN(CC)CC.O=c1ccn([C@@H]2O[C@H](COP(=O)(O)CP(=O)(O)OP(=O)(O)O[C@H]3O[C@H](CO)[C@@H](O)[C@H](O)[C@H]3O)[C@@H](O)[C@H]2O)c(=O)[nH]1. The topological polar surface area (TPSA) is 338 Å². The third kappa shape index (κ3) is 12.0. The third-order valence-electron chi connectivity index (χ3n) is 6.92. The Kier molecular flexibility index (Phi) is 15.7. The van der Waals surface area contributed by atoms with Crippen molar-refractivity contribution in [2.45, 2.75) is 76.0 Å². The summed E-state index contributed by atoms with van der Waals surface area (Å²) < 4.78 is 60.7. The molecule has 1 aromatic rings. The number of rotatable bonds is 14. The minimum Gasteiger partial charge on any atom is -0.394 e. The third-order valence-corrected chi connectivity index (χ3v) is 12.7. The van der Waals surface area contributed by atoms with Crippen molar-refractivity contribution in [3.8, 4) is 0 Å². The predicted octanol–water partition coefficient (Wildman–Crippen LogP) is -3.22. The highest BCUT2D eigenvalue weighted by atomic mass is 31.3. The number of hydrogen-bond acceptors (Lipinski definition) is 17. The summed E-state index contributed by atoms with van der Waals surface area (Å²) in [4.78, 5) is 57.1. The predicted molar refractivity (Wildman–Crippen MR) is 157 cm³/mol. The van der Waals surface area contributed by atoms with E-state index in [1.165, 1.54) is 19.6 Å². The molecular formula is C22H42N3O19P3. The van der Waals surface area contributed by atoms with E-state index in [9.17, 15) is 63.5 Å². The van der Waals surface area contributed by atoms with Crippen LogP contribution < -0.4 is 11.2 Å². The van der Waals surface area contributed by atoms with Crippen LogP contribution in [0.3, 0.4) is 0 Å². The molecule has 3 heterocycles. The van der Waals surface area contributed by atoms with Gasteiger partial charge >= 0.3 is 28.7 Å². The fourth-order valence-electron chi connectivity index (χ4n) is 4.34. The summed E-state index contributed by atoms with van der Waals surface area (Å²) in [5, 5.41) is 58.7. The highest BCUT2D eigenvalue weighted by molar-refractivity contribution is 7.74. The highest BCUT2D eigenvalue weighted by Gasteiger charge is 2.50. The molecule has 0 saturated carbocycles. The van der Waals surface area contributed by atoms with Gasteiger partial charge in [-0.15, -0.1) is 0 Å². The molecule has 22 nitrogen and oxygen atoms in total. The van der Waals surface area contributed by atoms with E-state index in [-0.39, 0.29) is 0 Å². The molecule has 1 aromatic heterocycles. The molecule has 0 radical (unpaired) electrons. The van der Waals surface area contributed by atoms with Gasteiger partial charge in [-0.1, -0.05) is 20.8 Å². The van der Waals surface area contributed by atoms with Crippen LogP contribution in [-0.4, -0.2) is 148 Å². The summed E-state index contributed by atoms with van der Waals surface area (Å²) in [6.45, 7) is 8.17. The largest absolute Gasteiger partial charge is 0.481 e. The Labute approximate surface area is 267 Å². The second-order valence-corrected chi connectivity index (χ2v) is 16.0. The van der Waals surface area contributed by atoms with Crippen molar-refractivity contribution in [2.24, 2.45) is 0 Å². The van der Waals surface area contributed by atoms with Crippen molar-refractivity contribution in [2.75, 3.05) is 38.8 Å². The summed E-state index contributed by atoms with van der Waals surface area (Å²) in [5.41, 5.74) is -1.78. The van der Waals surface area contributed by atoms with Gasteiger partial charge < -0.3 is 64.2 Å². The van der Waals surface area contributed by atoms with Crippen LogP contribution in [0.1, 0.15) is 27.0 Å². The van der Waals surface area contributed by atoms with Gasteiger partial charge in [0, 0.05) is 12.3 Å². The van der Waals surface area contributed by atoms with Crippen LogP contribution in [-0.2, 0) is 36.5 Å². The lowest BCUT2D eigenvalue weighted by atomic mass is 10.00. The smallest absolute Gasteiger partial charge is 0.394 e. The van der Waals surface area contributed by atoms with Crippen LogP contribution in [0.4, 0.5) is 0 Å². The molecule has 3 rings (SSSR count). The summed E-state index contributed by atoms with van der Waals surface area (Å²) >= 11 is 0. The van der Waals surface area contributed by atoms with Crippen molar-refractivity contribution in [3.05, 3.63) is 33.1 Å². The zero-order valence-corrected chi connectivity index (χ0v) is 28.1. The molecule has 0 spiro atoms. The van der Waals surface area contributed by atoms with E-state index < -0.39 is 109 Å². The highest BCUT2D eigenvalue weighted by Crippen LogP contribution is 2.66. The number of H-pyrrole nitrogens is 1. The molecule has 0 aromatic carbocycles. The summed E-state index contributed by atoms with van der Waals surface area (Å²) in [6.07, 6.45) is -15.8. The molecule has 274 valence electrons. The molecular weight excluding hydrogens is 703 g/mol. The molecule has 0 bridgehead atoms. The first-order valence-corrected chi connectivity index (χ1v) is 19.1. The minimum absolute atomic E-state index is 0.706. The number of aromatic nitrogens is 2. The Balaban J connectivity index is 0.000000984. The normalized spacial score (nSPS) is 33.3. The van der Waals surface area contributed by atoms with Gasteiger partial charge in [0.15, 0.2) is 18.4 Å². The second kappa shape index (κ2) is 17.6. The maximum Gasteiger partial charge on any atom is 0.481 e. The number of ether oxygens (including phenoxy) is 2. The first kappa shape index (κ1) is 41.9. The molecule has 2 aliphatic rings. The standard InChI is InChI=1S/C16H27N2O19P3.C6H15N/c19-3-6-9(21)11(23)13(25)15(35-6)36-40(31,32)37-39(29,30)5-38(27,28)33-4-7-10(22)12(24)14(34-7)18-2-1-8(20)17-16(18)26;1-4-7(5-2)6-3/h1-2,6-7,9-15,19,21-25H,3-5H2,(H,27,28)(H,29,30)(H,31,32)(H,17,20,26);4-6H2,1-3H3/t6-,7-,9-,10-,11+,12-,13-,14-,15-;/m1./s1. The van der Waals surface area contributed by atoms with E-state index in [4.69, 9.17) is 14.6 Å². The van der Waals surface area contributed by atoms with Crippen molar-refractivity contribution in [3.63, 3.8) is 0 Å². The number of nitrogens with zero attached hydrogens (tertiary/aromatic N) is 2. The number of nitrogens with one attached hydrogen (secondary N) is 1. The summed E-state index contributed by atoms with van der Waals surface area (Å²) in [5.74, 6) is -1.82. The molecule has 25 heteroatoms. The van der Waals surface area contributed by atoms with Crippen LogP contribution >= 0.6 is 23.0 Å². The molecule has 12 atom stereocenters. The summed E-state index contributed by atoms with van der Waals surface area (Å²) in [7, 11) is -16.4. The van der Waals surface area contributed by atoms with Crippen LogP contribution in [0.5, 0.6) is 0 Å². The Morgan fingerprint density at radius 1 is 0.851 bits per heavy atom. The van der Waals surface area contributed by atoms with Crippen molar-refractivity contribution < 1.29 is 81.8 Å².